The zero-order valence-electron chi connectivity index (χ0n) is 12.3. The van der Waals surface area contributed by atoms with E-state index in [1.807, 2.05) is 0 Å². The van der Waals surface area contributed by atoms with Crippen molar-refractivity contribution in [2.24, 2.45) is 0 Å². The van der Waals surface area contributed by atoms with Crippen molar-refractivity contribution in [3.8, 4) is 11.4 Å². The molecule has 0 amide bonds. The van der Waals surface area contributed by atoms with Gasteiger partial charge >= 0.3 is 0 Å². The average Bonchev–Trinajstić information content (AvgIpc) is 2.98. The van der Waals surface area contributed by atoms with E-state index in [0.717, 1.165) is 0 Å². The molecule has 0 unspecified atom stereocenters. The van der Waals surface area contributed by atoms with Gasteiger partial charge in [-0.3, -0.25) is 14.4 Å². The number of benzene rings is 2. The molecule has 1 aromatic heterocycles. The standard InChI is InChI=1S/C14H10Cl2N4O3S2/c15-11-4-8(5-12(16)13(11)21)19-25(22,23)10-3-1-2-9(6-10)20-7-17-18-14(20)24/h1-7,19,21H,(H,18,24). The Morgan fingerprint density at radius 2 is 1.88 bits per heavy atom. The zero-order chi connectivity index (χ0) is 18.2. The molecule has 3 N–H and O–H groups in total. The summed E-state index contributed by atoms with van der Waals surface area (Å²) in [7, 11) is -3.91. The molecule has 0 saturated carbocycles. The quantitative estimate of drug-likeness (QED) is 0.444. The molecule has 0 radical (unpaired) electrons. The zero-order valence-corrected chi connectivity index (χ0v) is 15.4. The van der Waals surface area contributed by atoms with Crippen LogP contribution in [-0.4, -0.2) is 28.3 Å². The Balaban J connectivity index is 1.98. The Hall–Kier alpha value is -2.07. The second-order valence-corrected chi connectivity index (χ2v) is 7.81. The topological polar surface area (TPSA) is 100 Å². The lowest BCUT2D eigenvalue weighted by atomic mass is 10.3. The lowest BCUT2D eigenvalue weighted by Gasteiger charge is -2.11. The number of hydrogen-bond donors (Lipinski definition) is 3. The van der Waals surface area contributed by atoms with Crippen LogP contribution in [0.2, 0.25) is 10.0 Å². The molecule has 0 atom stereocenters. The summed E-state index contributed by atoms with van der Waals surface area (Å²) < 4.78 is 29.4. The number of nitrogens with one attached hydrogen (secondary N) is 2. The minimum atomic E-state index is -3.91. The lowest BCUT2D eigenvalue weighted by molar-refractivity contribution is 0.476. The van der Waals surface area contributed by atoms with Crippen molar-refractivity contribution >= 4 is 51.1 Å². The first-order valence-electron chi connectivity index (χ1n) is 6.71. The van der Waals surface area contributed by atoms with Crippen LogP contribution in [-0.2, 0) is 10.0 Å². The fourth-order valence-corrected chi connectivity index (χ4v) is 3.84. The summed E-state index contributed by atoms with van der Waals surface area (Å²) in [6, 6.07) is 8.66. The number of phenols is 1. The van der Waals surface area contributed by atoms with E-state index >= 15 is 0 Å². The number of aromatic amines is 1. The van der Waals surface area contributed by atoms with Gasteiger partial charge in [-0.15, -0.1) is 0 Å². The van der Waals surface area contributed by atoms with E-state index in [9.17, 15) is 13.5 Å². The van der Waals surface area contributed by atoms with Crippen LogP contribution in [0.25, 0.3) is 5.69 Å². The number of aromatic nitrogens is 3. The minimum Gasteiger partial charge on any atom is -0.505 e. The number of rotatable bonds is 4. The summed E-state index contributed by atoms with van der Waals surface area (Å²) in [6.45, 7) is 0. The van der Waals surface area contributed by atoms with Crippen LogP contribution >= 0.6 is 35.4 Å². The van der Waals surface area contributed by atoms with Gasteiger partial charge < -0.3 is 5.11 Å². The van der Waals surface area contributed by atoms with Gasteiger partial charge in [0.1, 0.15) is 6.33 Å². The number of phenolic OH excluding ortho intramolecular Hbond substituents is 1. The van der Waals surface area contributed by atoms with E-state index in [4.69, 9.17) is 35.4 Å². The van der Waals surface area contributed by atoms with Crippen molar-refractivity contribution in [2.45, 2.75) is 4.90 Å². The van der Waals surface area contributed by atoms with Crippen LogP contribution in [0.1, 0.15) is 0 Å². The highest BCUT2D eigenvalue weighted by atomic mass is 35.5. The van der Waals surface area contributed by atoms with Crippen LogP contribution < -0.4 is 4.72 Å². The number of anilines is 1. The summed E-state index contributed by atoms with van der Waals surface area (Å²) in [5.74, 6) is -0.317. The van der Waals surface area contributed by atoms with Gasteiger partial charge in [-0.2, -0.15) is 5.10 Å². The molecule has 0 spiro atoms. The molecule has 3 rings (SSSR count). The molecule has 0 aliphatic heterocycles. The van der Waals surface area contributed by atoms with Gasteiger partial charge in [0.15, 0.2) is 10.5 Å². The molecule has 3 aromatic rings. The maximum absolute atomic E-state index is 12.6. The van der Waals surface area contributed by atoms with Gasteiger partial charge in [-0.05, 0) is 42.5 Å². The van der Waals surface area contributed by atoms with Crippen LogP contribution in [0.15, 0.2) is 47.6 Å². The first-order chi connectivity index (χ1) is 11.8. The van der Waals surface area contributed by atoms with Crippen molar-refractivity contribution < 1.29 is 13.5 Å². The molecule has 25 heavy (non-hydrogen) atoms. The predicted octanol–water partition coefficient (Wildman–Crippen LogP) is 3.74. The second-order valence-electron chi connectivity index (χ2n) is 4.92. The number of hydrogen-bond acceptors (Lipinski definition) is 5. The lowest BCUT2D eigenvalue weighted by Crippen LogP contribution is -2.13. The Bertz CT molecular complexity index is 1090. The molecule has 2 aromatic carbocycles. The van der Waals surface area contributed by atoms with Crippen LogP contribution in [0.3, 0.4) is 0 Å². The Morgan fingerprint density at radius 3 is 2.48 bits per heavy atom. The SMILES string of the molecule is O=S(=O)(Nc1cc(Cl)c(O)c(Cl)c1)c1cccc(-n2cn[nH]c2=S)c1. The molecular formula is C14H10Cl2N4O3S2. The maximum atomic E-state index is 12.6. The van der Waals surface area contributed by atoms with Crippen molar-refractivity contribution in [3.63, 3.8) is 0 Å². The van der Waals surface area contributed by atoms with Crippen molar-refractivity contribution in [1.82, 2.24) is 14.8 Å². The third-order valence-electron chi connectivity index (χ3n) is 3.23. The average molecular weight is 417 g/mol. The first-order valence-corrected chi connectivity index (χ1v) is 9.36. The monoisotopic (exact) mass is 416 g/mol. The van der Waals surface area contributed by atoms with E-state index in [0.29, 0.717) is 10.5 Å². The maximum Gasteiger partial charge on any atom is 0.261 e. The smallest absolute Gasteiger partial charge is 0.261 e. The molecule has 0 aliphatic carbocycles. The molecule has 7 nitrogen and oxygen atoms in total. The van der Waals surface area contributed by atoms with Gasteiger partial charge in [0.25, 0.3) is 10.0 Å². The summed E-state index contributed by atoms with van der Waals surface area (Å²) in [5.41, 5.74) is 0.654. The second kappa shape index (κ2) is 6.68. The highest BCUT2D eigenvalue weighted by molar-refractivity contribution is 7.92. The molecule has 1 heterocycles. The number of nitrogens with zero attached hydrogens (tertiary/aromatic N) is 2. The van der Waals surface area contributed by atoms with Gasteiger partial charge in [0.2, 0.25) is 0 Å². The molecular weight excluding hydrogens is 407 g/mol. The number of halogens is 2. The van der Waals surface area contributed by atoms with Crippen LogP contribution in [0.5, 0.6) is 5.75 Å². The van der Waals surface area contributed by atoms with Crippen molar-refractivity contribution in [2.75, 3.05) is 4.72 Å². The number of aromatic hydroxyl groups is 1. The Labute approximate surface area is 157 Å². The molecule has 0 fully saturated rings. The fourth-order valence-electron chi connectivity index (χ4n) is 2.07. The first kappa shape index (κ1) is 17.7. The fraction of sp³-hybridized carbons (Fsp3) is 0. The summed E-state index contributed by atoms with van der Waals surface area (Å²) in [4.78, 5) is 0.00780. The van der Waals surface area contributed by atoms with E-state index in [-0.39, 0.29) is 26.4 Å². The van der Waals surface area contributed by atoms with Gasteiger partial charge in [-0.1, -0.05) is 29.3 Å². The normalized spacial score (nSPS) is 11.4. The Morgan fingerprint density at radius 1 is 1.20 bits per heavy atom. The summed E-state index contributed by atoms with van der Waals surface area (Å²) >= 11 is 16.7. The molecule has 0 aliphatic rings. The minimum absolute atomic E-state index is 0.00780. The third kappa shape index (κ3) is 3.64. The van der Waals surface area contributed by atoms with Crippen LogP contribution in [0.4, 0.5) is 5.69 Å². The largest absolute Gasteiger partial charge is 0.505 e. The van der Waals surface area contributed by atoms with Crippen molar-refractivity contribution in [1.29, 1.82) is 0 Å². The number of H-pyrrole nitrogens is 1. The summed E-state index contributed by atoms with van der Waals surface area (Å²) in [6.07, 6.45) is 1.45. The molecule has 0 bridgehead atoms. The highest BCUT2D eigenvalue weighted by Crippen LogP contribution is 2.35. The van der Waals surface area contributed by atoms with E-state index < -0.39 is 10.0 Å². The summed E-state index contributed by atoms with van der Waals surface area (Å²) in [5, 5.41) is 15.8. The number of sulfonamides is 1. The van der Waals surface area contributed by atoms with E-state index in [1.165, 1.54) is 35.2 Å². The van der Waals surface area contributed by atoms with Crippen LogP contribution in [0, 0.1) is 4.77 Å². The Kier molecular flexibility index (Phi) is 4.74. The van der Waals surface area contributed by atoms with E-state index in [1.54, 1.807) is 12.1 Å². The predicted molar refractivity (Wildman–Crippen MR) is 97.7 cm³/mol. The van der Waals surface area contributed by atoms with Gasteiger partial charge in [-0.25, -0.2) is 8.42 Å². The molecule has 130 valence electrons. The van der Waals surface area contributed by atoms with Crippen molar-refractivity contribution in [3.05, 3.63) is 57.5 Å². The molecule has 11 heteroatoms. The molecule has 0 saturated heterocycles. The van der Waals surface area contributed by atoms with Gasteiger partial charge in [0.05, 0.1) is 26.3 Å². The third-order valence-corrected chi connectivity index (χ3v) is 5.47. The highest BCUT2D eigenvalue weighted by Gasteiger charge is 2.17. The van der Waals surface area contributed by atoms with Gasteiger partial charge in [0, 0.05) is 0 Å². The van der Waals surface area contributed by atoms with E-state index in [2.05, 4.69) is 14.9 Å².